The topological polar surface area (TPSA) is 41.1 Å². The van der Waals surface area contributed by atoms with Gasteiger partial charge in [-0.3, -0.25) is 0 Å². The molecule has 1 fully saturated rings. The van der Waals surface area contributed by atoms with Crippen molar-refractivity contribution in [3.8, 4) is 0 Å². The minimum Gasteiger partial charge on any atom is -0.335 e. The SMILES string of the molecule is C[C@H]1[C@H](C)CCC[C@@H]1NC(=O)Nc1cc(C(F)(F)F)ccc1Cl. The summed E-state index contributed by atoms with van der Waals surface area (Å²) in [5.74, 6) is 0.831. The summed E-state index contributed by atoms with van der Waals surface area (Å²) in [6.45, 7) is 4.21. The Hall–Kier alpha value is -1.43. The third kappa shape index (κ3) is 4.53. The van der Waals surface area contributed by atoms with Gasteiger partial charge >= 0.3 is 12.2 Å². The van der Waals surface area contributed by atoms with Gasteiger partial charge in [-0.2, -0.15) is 13.2 Å². The van der Waals surface area contributed by atoms with Crippen LogP contribution in [0.3, 0.4) is 0 Å². The molecule has 128 valence electrons. The molecule has 0 unspecified atom stereocenters. The zero-order valence-electron chi connectivity index (χ0n) is 13.0. The second-order valence-corrected chi connectivity index (χ2v) is 6.57. The van der Waals surface area contributed by atoms with Crippen LogP contribution in [0.4, 0.5) is 23.7 Å². The van der Waals surface area contributed by atoms with Crippen molar-refractivity contribution in [1.29, 1.82) is 0 Å². The van der Waals surface area contributed by atoms with Gasteiger partial charge in [0.2, 0.25) is 0 Å². The standard InChI is InChI=1S/C16H20ClF3N2O/c1-9-4-3-5-13(10(9)2)21-15(23)22-14-8-11(16(18,19)20)6-7-12(14)17/h6-10,13H,3-5H2,1-2H3,(H2,21,22,23)/t9-,10+,13+/m1/s1. The molecule has 23 heavy (non-hydrogen) atoms. The molecule has 0 saturated heterocycles. The fourth-order valence-electron chi connectivity index (χ4n) is 2.91. The van der Waals surface area contributed by atoms with E-state index < -0.39 is 17.8 Å². The summed E-state index contributed by atoms with van der Waals surface area (Å²) in [6, 6.07) is 2.34. The highest BCUT2D eigenvalue weighted by Crippen LogP contribution is 2.34. The highest BCUT2D eigenvalue weighted by atomic mass is 35.5. The number of rotatable bonds is 2. The summed E-state index contributed by atoms with van der Waals surface area (Å²) in [5.41, 5.74) is -0.896. The van der Waals surface area contributed by atoms with E-state index in [-0.39, 0.29) is 16.8 Å². The Bertz CT molecular complexity index is 577. The number of hydrogen-bond donors (Lipinski definition) is 2. The predicted molar refractivity (Wildman–Crippen MR) is 84.6 cm³/mol. The number of urea groups is 1. The van der Waals surface area contributed by atoms with E-state index in [0.29, 0.717) is 11.8 Å². The Morgan fingerprint density at radius 1 is 1.26 bits per heavy atom. The van der Waals surface area contributed by atoms with E-state index in [0.717, 1.165) is 37.5 Å². The average molecular weight is 349 g/mol. The summed E-state index contributed by atoms with van der Waals surface area (Å²) in [5, 5.41) is 5.33. The summed E-state index contributed by atoms with van der Waals surface area (Å²) < 4.78 is 38.2. The molecule has 1 saturated carbocycles. The normalized spacial score (nSPS) is 25.0. The lowest BCUT2D eigenvalue weighted by Crippen LogP contribution is -2.45. The molecule has 2 rings (SSSR count). The number of hydrogen-bond acceptors (Lipinski definition) is 1. The Morgan fingerprint density at radius 3 is 2.61 bits per heavy atom. The molecule has 0 spiro atoms. The molecular formula is C16H20ClF3N2O. The molecule has 0 heterocycles. The maximum atomic E-state index is 12.7. The van der Waals surface area contributed by atoms with Crippen LogP contribution in [-0.4, -0.2) is 12.1 Å². The van der Waals surface area contributed by atoms with Crippen molar-refractivity contribution >= 4 is 23.3 Å². The highest BCUT2D eigenvalue weighted by molar-refractivity contribution is 6.33. The van der Waals surface area contributed by atoms with Crippen LogP contribution in [0.25, 0.3) is 0 Å². The zero-order chi connectivity index (χ0) is 17.2. The van der Waals surface area contributed by atoms with Crippen molar-refractivity contribution in [1.82, 2.24) is 5.32 Å². The van der Waals surface area contributed by atoms with E-state index in [9.17, 15) is 18.0 Å². The van der Waals surface area contributed by atoms with E-state index >= 15 is 0 Å². The molecule has 2 N–H and O–H groups in total. The van der Waals surface area contributed by atoms with Crippen molar-refractivity contribution in [2.45, 2.75) is 45.3 Å². The zero-order valence-corrected chi connectivity index (χ0v) is 13.8. The van der Waals surface area contributed by atoms with Crippen LogP contribution >= 0.6 is 11.6 Å². The fourth-order valence-corrected chi connectivity index (χ4v) is 3.07. The van der Waals surface area contributed by atoms with E-state index in [4.69, 9.17) is 11.6 Å². The lowest BCUT2D eigenvalue weighted by molar-refractivity contribution is -0.137. The second kappa shape index (κ2) is 6.99. The molecule has 0 radical (unpaired) electrons. The fraction of sp³-hybridized carbons (Fsp3) is 0.562. The van der Waals surface area contributed by atoms with Gasteiger partial charge in [0, 0.05) is 6.04 Å². The van der Waals surface area contributed by atoms with Gasteiger partial charge in [0.1, 0.15) is 0 Å². The lowest BCUT2D eigenvalue weighted by Gasteiger charge is -2.34. The number of halogens is 4. The third-order valence-electron chi connectivity index (χ3n) is 4.57. The molecule has 2 amide bonds. The Balaban J connectivity index is 2.05. The first kappa shape index (κ1) is 17.9. The number of nitrogens with one attached hydrogen (secondary N) is 2. The number of alkyl halides is 3. The average Bonchev–Trinajstić information content (AvgIpc) is 2.45. The number of benzene rings is 1. The minimum atomic E-state index is -4.48. The summed E-state index contributed by atoms with van der Waals surface area (Å²) in [6.07, 6.45) is -1.46. The number of carbonyl (C=O) groups excluding carboxylic acids is 1. The van der Waals surface area contributed by atoms with Crippen molar-refractivity contribution in [3.05, 3.63) is 28.8 Å². The first-order valence-electron chi connectivity index (χ1n) is 7.62. The third-order valence-corrected chi connectivity index (χ3v) is 4.89. The van der Waals surface area contributed by atoms with Gasteiger partial charge in [-0.05, 0) is 36.5 Å². The van der Waals surface area contributed by atoms with Crippen LogP contribution in [0.15, 0.2) is 18.2 Å². The minimum absolute atomic E-state index is 0.0170. The number of anilines is 1. The molecule has 0 bridgehead atoms. The van der Waals surface area contributed by atoms with Crippen LogP contribution in [0, 0.1) is 11.8 Å². The van der Waals surface area contributed by atoms with Gasteiger partial charge in [0.25, 0.3) is 0 Å². The molecule has 1 aliphatic carbocycles. The lowest BCUT2D eigenvalue weighted by atomic mass is 9.78. The second-order valence-electron chi connectivity index (χ2n) is 6.16. The van der Waals surface area contributed by atoms with Gasteiger partial charge in [0.15, 0.2) is 0 Å². The number of carbonyl (C=O) groups is 1. The molecule has 7 heteroatoms. The maximum Gasteiger partial charge on any atom is 0.416 e. The molecular weight excluding hydrogens is 329 g/mol. The van der Waals surface area contributed by atoms with Gasteiger partial charge < -0.3 is 10.6 Å². The van der Waals surface area contributed by atoms with Crippen LogP contribution in [-0.2, 0) is 6.18 Å². The summed E-state index contributed by atoms with van der Waals surface area (Å²) >= 11 is 5.88. The van der Waals surface area contributed by atoms with Gasteiger partial charge in [0.05, 0.1) is 16.3 Å². The van der Waals surface area contributed by atoms with Crippen molar-refractivity contribution in [2.75, 3.05) is 5.32 Å². The van der Waals surface area contributed by atoms with Gasteiger partial charge in [-0.1, -0.05) is 38.3 Å². The van der Waals surface area contributed by atoms with Crippen LogP contribution in [0.5, 0.6) is 0 Å². The maximum absolute atomic E-state index is 12.7. The Labute approximate surface area is 138 Å². The first-order valence-corrected chi connectivity index (χ1v) is 8.00. The van der Waals surface area contributed by atoms with Crippen LogP contribution < -0.4 is 10.6 Å². The van der Waals surface area contributed by atoms with E-state index in [1.807, 2.05) is 0 Å². The summed E-state index contributed by atoms with van der Waals surface area (Å²) in [4.78, 5) is 12.1. The van der Waals surface area contributed by atoms with Gasteiger partial charge in [-0.25, -0.2) is 4.79 Å². The van der Waals surface area contributed by atoms with Crippen molar-refractivity contribution in [3.63, 3.8) is 0 Å². The summed E-state index contributed by atoms with van der Waals surface area (Å²) in [7, 11) is 0. The van der Waals surface area contributed by atoms with Crippen LogP contribution in [0.1, 0.15) is 38.7 Å². The first-order chi connectivity index (χ1) is 10.7. The smallest absolute Gasteiger partial charge is 0.335 e. The van der Waals surface area contributed by atoms with Gasteiger partial charge in [-0.15, -0.1) is 0 Å². The molecule has 3 nitrogen and oxygen atoms in total. The molecule has 1 aliphatic rings. The van der Waals surface area contributed by atoms with E-state index in [1.165, 1.54) is 0 Å². The molecule has 1 aromatic rings. The molecule has 3 atom stereocenters. The highest BCUT2D eigenvalue weighted by Gasteiger charge is 2.31. The molecule has 1 aromatic carbocycles. The Kier molecular flexibility index (Phi) is 5.45. The Morgan fingerprint density at radius 2 is 1.96 bits per heavy atom. The number of amides is 2. The molecule has 0 aromatic heterocycles. The molecule has 0 aliphatic heterocycles. The van der Waals surface area contributed by atoms with Crippen molar-refractivity contribution < 1.29 is 18.0 Å². The van der Waals surface area contributed by atoms with Crippen LogP contribution in [0.2, 0.25) is 5.02 Å². The van der Waals surface area contributed by atoms with E-state index in [1.54, 1.807) is 0 Å². The monoisotopic (exact) mass is 348 g/mol. The quantitative estimate of drug-likeness (QED) is 0.747. The van der Waals surface area contributed by atoms with Crippen molar-refractivity contribution in [2.24, 2.45) is 11.8 Å². The predicted octanol–water partition coefficient (Wildman–Crippen LogP) is 5.31. The largest absolute Gasteiger partial charge is 0.416 e. The van der Waals surface area contributed by atoms with E-state index in [2.05, 4.69) is 24.5 Å².